The van der Waals surface area contributed by atoms with Crippen LogP contribution in [-0.4, -0.2) is 32.6 Å². The number of hydrogen-bond donors (Lipinski definition) is 2. The Morgan fingerprint density at radius 2 is 1.79 bits per heavy atom. The summed E-state index contributed by atoms with van der Waals surface area (Å²) in [6, 6.07) is 7.72. The molecule has 0 aliphatic heterocycles. The molecule has 2 rings (SSSR count). The summed E-state index contributed by atoms with van der Waals surface area (Å²) in [6.45, 7) is 4.69. The Labute approximate surface area is 180 Å². The maximum absolute atomic E-state index is 12.7. The fourth-order valence-electron chi connectivity index (χ4n) is 2.50. The van der Waals surface area contributed by atoms with Crippen molar-refractivity contribution in [1.82, 2.24) is 5.32 Å². The number of hydrogen-bond acceptors (Lipinski definition) is 4. The van der Waals surface area contributed by atoms with Gasteiger partial charge in [-0.25, -0.2) is 0 Å². The second-order valence-corrected chi connectivity index (χ2v) is 7.56. The van der Waals surface area contributed by atoms with Crippen LogP contribution in [0.3, 0.4) is 0 Å². The maximum Gasteiger partial charge on any atom is 0.255 e. The fraction of sp³-hybridized carbons (Fsp3) is 0.333. The molecule has 0 unspecified atom stereocenters. The van der Waals surface area contributed by atoms with E-state index in [4.69, 9.17) is 32.7 Å². The van der Waals surface area contributed by atoms with E-state index in [1.54, 1.807) is 18.2 Å². The molecule has 0 radical (unpaired) electrons. The number of halogens is 2. The number of carbonyl (C=O) groups excluding carboxylic acids is 2. The second kappa shape index (κ2) is 10.4. The van der Waals surface area contributed by atoms with Gasteiger partial charge in [-0.1, -0.05) is 37.0 Å². The van der Waals surface area contributed by atoms with Crippen molar-refractivity contribution in [3.8, 4) is 11.5 Å². The largest absolute Gasteiger partial charge is 0.493 e. The van der Waals surface area contributed by atoms with E-state index in [1.807, 2.05) is 0 Å². The third-order valence-electron chi connectivity index (χ3n) is 4.13. The van der Waals surface area contributed by atoms with Crippen LogP contribution in [-0.2, 0) is 0 Å². The van der Waals surface area contributed by atoms with Gasteiger partial charge in [0.05, 0.1) is 29.3 Å². The van der Waals surface area contributed by atoms with Gasteiger partial charge in [0.25, 0.3) is 11.8 Å². The highest BCUT2D eigenvalue weighted by Crippen LogP contribution is 2.37. The van der Waals surface area contributed by atoms with E-state index in [2.05, 4.69) is 24.5 Å². The quantitative estimate of drug-likeness (QED) is 0.604. The SMILES string of the molecule is CNC(=O)c1cc(NC(=O)c2cc(Cl)c(OCCC(C)C)c(OC)c2)ccc1Cl. The minimum absolute atomic E-state index is 0.261. The number of rotatable bonds is 8. The van der Waals surface area contributed by atoms with E-state index in [0.717, 1.165) is 6.42 Å². The van der Waals surface area contributed by atoms with Crippen LogP contribution < -0.4 is 20.1 Å². The highest BCUT2D eigenvalue weighted by molar-refractivity contribution is 6.34. The predicted octanol–water partition coefficient (Wildman–Crippen LogP) is 5.04. The Morgan fingerprint density at radius 3 is 2.41 bits per heavy atom. The van der Waals surface area contributed by atoms with E-state index < -0.39 is 5.91 Å². The molecule has 0 aliphatic rings. The summed E-state index contributed by atoms with van der Waals surface area (Å²) >= 11 is 12.4. The molecule has 2 aromatic rings. The van der Waals surface area contributed by atoms with Crippen LogP contribution in [0.1, 0.15) is 41.0 Å². The first-order valence-corrected chi connectivity index (χ1v) is 9.85. The van der Waals surface area contributed by atoms with Crippen LogP contribution in [0.2, 0.25) is 10.0 Å². The molecule has 0 saturated carbocycles. The Hall–Kier alpha value is -2.44. The van der Waals surface area contributed by atoms with Crippen molar-refractivity contribution in [2.45, 2.75) is 20.3 Å². The van der Waals surface area contributed by atoms with Crippen LogP contribution in [0, 0.1) is 5.92 Å². The molecule has 0 aromatic heterocycles. The first kappa shape index (κ1) is 22.8. The maximum atomic E-state index is 12.7. The normalized spacial score (nSPS) is 10.6. The van der Waals surface area contributed by atoms with Crippen molar-refractivity contribution in [3.05, 3.63) is 51.5 Å². The van der Waals surface area contributed by atoms with Crippen molar-refractivity contribution in [3.63, 3.8) is 0 Å². The molecule has 0 bridgehead atoms. The highest BCUT2D eigenvalue weighted by Gasteiger charge is 2.17. The third-order valence-corrected chi connectivity index (χ3v) is 4.74. The minimum atomic E-state index is -0.413. The smallest absolute Gasteiger partial charge is 0.255 e. The lowest BCUT2D eigenvalue weighted by molar-refractivity contribution is 0.0961. The summed E-state index contributed by atoms with van der Waals surface area (Å²) in [5.41, 5.74) is 0.973. The molecular weight excluding hydrogens is 415 g/mol. The topological polar surface area (TPSA) is 76.7 Å². The number of ether oxygens (including phenoxy) is 2. The van der Waals surface area contributed by atoms with Crippen LogP contribution in [0.4, 0.5) is 5.69 Å². The van der Waals surface area contributed by atoms with Gasteiger partial charge in [-0.3, -0.25) is 9.59 Å². The van der Waals surface area contributed by atoms with Gasteiger partial charge in [0.2, 0.25) is 0 Å². The Kier molecular flexibility index (Phi) is 8.17. The van der Waals surface area contributed by atoms with Crippen molar-refractivity contribution >= 4 is 40.7 Å². The molecule has 0 aliphatic carbocycles. The molecule has 2 N–H and O–H groups in total. The molecule has 0 heterocycles. The van der Waals surface area contributed by atoms with Gasteiger partial charge in [0.1, 0.15) is 0 Å². The van der Waals surface area contributed by atoms with Crippen molar-refractivity contribution in [2.75, 3.05) is 26.1 Å². The average Bonchev–Trinajstić information content (AvgIpc) is 2.69. The lowest BCUT2D eigenvalue weighted by Gasteiger charge is -2.15. The van der Waals surface area contributed by atoms with Gasteiger partial charge >= 0.3 is 0 Å². The van der Waals surface area contributed by atoms with Gasteiger partial charge in [-0.15, -0.1) is 0 Å². The number of amides is 2. The Bertz CT molecular complexity index is 900. The molecule has 0 fully saturated rings. The molecular formula is C21H24Cl2N2O4. The Balaban J connectivity index is 2.23. The summed E-state index contributed by atoms with van der Waals surface area (Å²) in [5.74, 6) is 0.500. The molecule has 0 saturated heterocycles. The summed E-state index contributed by atoms with van der Waals surface area (Å²) in [7, 11) is 2.99. The molecule has 0 spiro atoms. The summed E-state index contributed by atoms with van der Waals surface area (Å²) < 4.78 is 11.1. The fourth-order valence-corrected chi connectivity index (χ4v) is 2.97. The van der Waals surface area contributed by atoms with E-state index in [0.29, 0.717) is 35.3 Å². The van der Waals surface area contributed by atoms with E-state index in [9.17, 15) is 9.59 Å². The molecule has 6 nitrogen and oxygen atoms in total. The standard InChI is InChI=1S/C21H24Cl2N2O4/c1-12(2)7-8-29-19-17(23)9-13(10-18(19)28-4)20(26)25-14-5-6-16(22)15(11-14)21(27)24-3/h5-6,9-12H,7-8H2,1-4H3,(H,24,27)(H,25,26). The number of anilines is 1. The predicted molar refractivity (Wildman–Crippen MR) is 116 cm³/mol. The summed E-state index contributed by atoms with van der Waals surface area (Å²) in [5, 5.41) is 5.80. The lowest BCUT2D eigenvalue weighted by atomic mass is 10.1. The summed E-state index contributed by atoms with van der Waals surface area (Å²) in [4.78, 5) is 24.6. The zero-order valence-electron chi connectivity index (χ0n) is 16.8. The van der Waals surface area contributed by atoms with Gasteiger partial charge in [-0.05, 0) is 42.7 Å². The number of benzene rings is 2. The monoisotopic (exact) mass is 438 g/mol. The van der Waals surface area contributed by atoms with Crippen LogP contribution in [0.25, 0.3) is 0 Å². The minimum Gasteiger partial charge on any atom is -0.493 e. The van der Waals surface area contributed by atoms with Gasteiger partial charge in [0, 0.05) is 18.3 Å². The molecule has 156 valence electrons. The molecule has 2 aromatic carbocycles. The molecule has 0 atom stereocenters. The number of nitrogens with one attached hydrogen (secondary N) is 2. The van der Waals surface area contributed by atoms with Crippen molar-refractivity contribution in [1.29, 1.82) is 0 Å². The van der Waals surface area contributed by atoms with E-state index >= 15 is 0 Å². The van der Waals surface area contributed by atoms with Gasteiger partial charge in [-0.2, -0.15) is 0 Å². The average molecular weight is 439 g/mol. The van der Waals surface area contributed by atoms with Crippen LogP contribution in [0.5, 0.6) is 11.5 Å². The van der Waals surface area contributed by atoms with Crippen molar-refractivity contribution < 1.29 is 19.1 Å². The van der Waals surface area contributed by atoms with E-state index in [1.165, 1.54) is 26.3 Å². The molecule has 8 heteroatoms. The van der Waals surface area contributed by atoms with E-state index in [-0.39, 0.29) is 21.5 Å². The molecule has 2 amide bonds. The first-order valence-electron chi connectivity index (χ1n) is 9.10. The number of carbonyl (C=O) groups is 2. The highest BCUT2D eigenvalue weighted by atomic mass is 35.5. The summed E-state index contributed by atoms with van der Waals surface area (Å²) in [6.07, 6.45) is 0.867. The molecule has 29 heavy (non-hydrogen) atoms. The van der Waals surface area contributed by atoms with Gasteiger partial charge in [0.15, 0.2) is 11.5 Å². The first-order chi connectivity index (χ1) is 13.8. The van der Waals surface area contributed by atoms with Crippen molar-refractivity contribution in [2.24, 2.45) is 5.92 Å². The van der Waals surface area contributed by atoms with Gasteiger partial charge < -0.3 is 20.1 Å². The number of methoxy groups -OCH3 is 1. The second-order valence-electron chi connectivity index (χ2n) is 6.75. The zero-order chi connectivity index (χ0) is 21.6. The Morgan fingerprint density at radius 1 is 1.07 bits per heavy atom. The lowest BCUT2D eigenvalue weighted by Crippen LogP contribution is -2.19. The van der Waals surface area contributed by atoms with Crippen LogP contribution in [0.15, 0.2) is 30.3 Å². The van der Waals surface area contributed by atoms with Crippen LogP contribution >= 0.6 is 23.2 Å². The zero-order valence-corrected chi connectivity index (χ0v) is 18.3. The third kappa shape index (κ3) is 6.02.